The van der Waals surface area contributed by atoms with E-state index in [-0.39, 0.29) is 11.9 Å². The highest BCUT2D eigenvalue weighted by molar-refractivity contribution is 6.19. The maximum absolute atomic E-state index is 12.0. The van der Waals surface area contributed by atoms with Crippen LogP contribution in [0, 0.1) is 20.8 Å². The van der Waals surface area contributed by atoms with Gasteiger partial charge in [0.1, 0.15) is 5.75 Å². The molecule has 2 nitrogen and oxygen atoms in total. The molecule has 0 saturated heterocycles. The van der Waals surface area contributed by atoms with Gasteiger partial charge in [-0.1, -0.05) is 0 Å². The Balaban J connectivity index is 3.24. The molecule has 0 saturated carbocycles. The van der Waals surface area contributed by atoms with Crippen molar-refractivity contribution >= 4 is 17.4 Å². The van der Waals surface area contributed by atoms with Crippen molar-refractivity contribution in [1.29, 1.82) is 0 Å². The Kier molecular flexibility index (Phi) is 5.21. The summed E-state index contributed by atoms with van der Waals surface area (Å²) in [4.78, 5) is 12.0. The van der Waals surface area contributed by atoms with E-state index in [1.165, 1.54) is 0 Å². The van der Waals surface area contributed by atoms with Gasteiger partial charge in [0.15, 0.2) is 5.78 Å². The Bertz CT molecular complexity index is 450. The van der Waals surface area contributed by atoms with Crippen molar-refractivity contribution in [2.75, 3.05) is 5.88 Å². The molecule has 0 spiro atoms. The SMILES string of the molecule is Cc1cc(OC(C)C)c(C)c(C)c1C(=O)CCCl. The zero-order valence-corrected chi connectivity index (χ0v) is 12.5. The van der Waals surface area contributed by atoms with Crippen molar-refractivity contribution in [1.82, 2.24) is 0 Å². The van der Waals surface area contributed by atoms with Crippen molar-refractivity contribution in [3.8, 4) is 5.75 Å². The van der Waals surface area contributed by atoms with Crippen LogP contribution >= 0.6 is 11.6 Å². The first-order chi connectivity index (χ1) is 8.38. The van der Waals surface area contributed by atoms with Gasteiger partial charge in [-0.15, -0.1) is 11.6 Å². The average Bonchev–Trinajstić information content (AvgIpc) is 2.25. The van der Waals surface area contributed by atoms with Gasteiger partial charge in [-0.25, -0.2) is 0 Å². The first-order valence-electron chi connectivity index (χ1n) is 6.25. The first-order valence-corrected chi connectivity index (χ1v) is 6.78. The van der Waals surface area contributed by atoms with Gasteiger partial charge in [-0.2, -0.15) is 0 Å². The number of ketones is 1. The summed E-state index contributed by atoms with van der Waals surface area (Å²) in [5.74, 6) is 1.34. The maximum Gasteiger partial charge on any atom is 0.164 e. The zero-order valence-electron chi connectivity index (χ0n) is 11.8. The Morgan fingerprint density at radius 1 is 1.28 bits per heavy atom. The summed E-state index contributed by atoms with van der Waals surface area (Å²) < 4.78 is 5.76. The van der Waals surface area contributed by atoms with Crippen LogP contribution in [0.25, 0.3) is 0 Å². The Morgan fingerprint density at radius 2 is 1.89 bits per heavy atom. The number of benzene rings is 1. The minimum absolute atomic E-state index is 0.110. The number of carbonyl (C=O) groups excluding carboxylic acids is 1. The van der Waals surface area contributed by atoms with Gasteiger partial charge in [0.2, 0.25) is 0 Å². The van der Waals surface area contributed by atoms with Gasteiger partial charge in [0, 0.05) is 17.9 Å². The first kappa shape index (κ1) is 15.0. The summed E-state index contributed by atoms with van der Waals surface area (Å²) in [7, 11) is 0. The molecule has 0 atom stereocenters. The van der Waals surface area contributed by atoms with Gasteiger partial charge in [0.25, 0.3) is 0 Å². The number of alkyl halides is 1. The van der Waals surface area contributed by atoms with Crippen LogP contribution in [-0.4, -0.2) is 17.8 Å². The van der Waals surface area contributed by atoms with Gasteiger partial charge in [0.05, 0.1) is 6.10 Å². The van der Waals surface area contributed by atoms with E-state index in [1.807, 2.05) is 40.7 Å². The van der Waals surface area contributed by atoms with Crippen molar-refractivity contribution in [2.45, 2.75) is 47.1 Å². The van der Waals surface area contributed by atoms with E-state index in [9.17, 15) is 4.79 Å². The summed E-state index contributed by atoms with van der Waals surface area (Å²) in [6, 6.07) is 1.95. The van der Waals surface area contributed by atoms with Crippen LogP contribution in [-0.2, 0) is 0 Å². The molecular weight excluding hydrogens is 248 g/mol. The van der Waals surface area contributed by atoms with Crippen molar-refractivity contribution < 1.29 is 9.53 Å². The van der Waals surface area contributed by atoms with Crippen LogP contribution in [0.1, 0.15) is 47.3 Å². The van der Waals surface area contributed by atoms with Crippen LogP contribution in [0.15, 0.2) is 6.07 Å². The van der Waals surface area contributed by atoms with Gasteiger partial charge in [-0.05, 0) is 57.4 Å². The molecule has 100 valence electrons. The van der Waals surface area contributed by atoms with E-state index in [0.717, 1.165) is 28.0 Å². The molecule has 0 bridgehead atoms. The average molecular weight is 269 g/mol. The Labute approximate surface area is 114 Å². The van der Waals surface area contributed by atoms with Crippen molar-refractivity contribution in [3.63, 3.8) is 0 Å². The smallest absolute Gasteiger partial charge is 0.164 e. The fourth-order valence-corrected chi connectivity index (χ4v) is 2.23. The standard InChI is InChI=1S/C15H21ClO2/c1-9(2)18-14-8-10(3)15(12(5)11(14)4)13(17)6-7-16/h8-9H,6-7H2,1-5H3. The fraction of sp³-hybridized carbons (Fsp3) is 0.533. The number of hydrogen-bond acceptors (Lipinski definition) is 2. The van der Waals surface area contributed by atoms with Gasteiger partial charge >= 0.3 is 0 Å². The molecule has 0 heterocycles. The highest BCUT2D eigenvalue weighted by Gasteiger charge is 2.17. The molecule has 1 rings (SSSR count). The van der Waals surface area contributed by atoms with Crippen LogP contribution in [0.2, 0.25) is 0 Å². The molecule has 0 radical (unpaired) electrons. The number of Topliss-reactive ketones (excluding diaryl/α,β-unsaturated/α-hetero) is 1. The third-order valence-electron chi connectivity index (χ3n) is 3.01. The molecule has 0 amide bonds. The van der Waals surface area contributed by atoms with Gasteiger partial charge in [-0.3, -0.25) is 4.79 Å². The van der Waals surface area contributed by atoms with E-state index in [0.29, 0.717) is 12.3 Å². The van der Waals surface area contributed by atoms with Crippen LogP contribution in [0.3, 0.4) is 0 Å². The van der Waals surface area contributed by atoms with E-state index in [2.05, 4.69) is 0 Å². The van der Waals surface area contributed by atoms with Crippen LogP contribution in [0.4, 0.5) is 0 Å². The van der Waals surface area contributed by atoms with Crippen molar-refractivity contribution in [3.05, 3.63) is 28.3 Å². The van der Waals surface area contributed by atoms with Crippen LogP contribution in [0.5, 0.6) is 5.75 Å². The number of ether oxygens (including phenoxy) is 1. The van der Waals surface area contributed by atoms with Gasteiger partial charge < -0.3 is 4.74 Å². The molecular formula is C15H21ClO2. The molecule has 1 aromatic rings. The molecule has 0 N–H and O–H groups in total. The molecule has 0 aliphatic rings. The third-order valence-corrected chi connectivity index (χ3v) is 3.20. The summed E-state index contributed by atoms with van der Waals surface area (Å²) in [5.41, 5.74) is 3.79. The number of halogens is 1. The number of hydrogen-bond donors (Lipinski definition) is 0. The van der Waals surface area contributed by atoms with E-state index in [1.54, 1.807) is 0 Å². The minimum Gasteiger partial charge on any atom is -0.491 e. The molecule has 0 aromatic heterocycles. The predicted molar refractivity (Wildman–Crippen MR) is 76.1 cm³/mol. The van der Waals surface area contributed by atoms with E-state index in [4.69, 9.17) is 16.3 Å². The second-order valence-corrected chi connectivity index (χ2v) is 5.22. The molecule has 1 aromatic carbocycles. The third kappa shape index (κ3) is 3.26. The molecule has 0 aliphatic carbocycles. The normalized spacial score (nSPS) is 10.8. The molecule has 0 unspecified atom stereocenters. The number of carbonyl (C=O) groups is 1. The fourth-order valence-electron chi connectivity index (χ4n) is 2.06. The van der Waals surface area contributed by atoms with Crippen molar-refractivity contribution in [2.24, 2.45) is 0 Å². The second kappa shape index (κ2) is 6.24. The lowest BCUT2D eigenvalue weighted by atomic mass is 9.93. The highest BCUT2D eigenvalue weighted by atomic mass is 35.5. The molecule has 0 fully saturated rings. The Hall–Kier alpha value is -1.02. The van der Waals surface area contributed by atoms with Crippen LogP contribution < -0.4 is 4.74 Å². The quantitative estimate of drug-likeness (QED) is 0.591. The Morgan fingerprint density at radius 3 is 2.39 bits per heavy atom. The lowest BCUT2D eigenvalue weighted by molar-refractivity contribution is 0.0988. The maximum atomic E-state index is 12.0. The second-order valence-electron chi connectivity index (χ2n) is 4.85. The summed E-state index contributed by atoms with van der Waals surface area (Å²) >= 11 is 5.65. The number of aryl methyl sites for hydroxylation is 1. The largest absolute Gasteiger partial charge is 0.491 e. The summed E-state index contributed by atoms with van der Waals surface area (Å²) in [6.07, 6.45) is 0.513. The predicted octanol–water partition coefficient (Wildman–Crippen LogP) is 4.21. The highest BCUT2D eigenvalue weighted by Crippen LogP contribution is 2.29. The minimum atomic E-state index is 0.110. The van der Waals surface area contributed by atoms with E-state index >= 15 is 0 Å². The zero-order chi connectivity index (χ0) is 13.9. The van der Waals surface area contributed by atoms with E-state index < -0.39 is 0 Å². The molecule has 3 heteroatoms. The topological polar surface area (TPSA) is 26.3 Å². The summed E-state index contributed by atoms with van der Waals surface area (Å²) in [6.45, 7) is 9.90. The molecule has 18 heavy (non-hydrogen) atoms. The molecule has 0 aliphatic heterocycles. The number of rotatable bonds is 5. The lowest BCUT2D eigenvalue weighted by Crippen LogP contribution is -2.11. The lowest BCUT2D eigenvalue weighted by Gasteiger charge is -2.18. The summed E-state index contributed by atoms with van der Waals surface area (Å²) in [5, 5.41) is 0. The monoisotopic (exact) mass is 268 g/mol.